The van der Waals surface area contributed by atoms with Crippen LogP contribution in [-0.4, -0.2) is 39.4 Å². The molecule has 3 heteroatoms. The van der Waals surface area contributed by atoms with E-state index in [4.69, 9.17) is 4.74 Å². The van der Waals surface area contributed by atoms with Gasteiger partial charge in [0.05, 0.1) is 0 Å². The van der Waals surface area contributed by atoms with E-state index in [-0.39, 0.29) is 0 Å². The predicted octanol–water partition coefficient (Wildman–Crippen LogP) is 1.64. The van der Waals surface area contributed by atoms with Crippen LogP contribution < -0.4 is 10.6 Å². The van der Waals surface area contributed by atoms with Gasteiger partial charge in [-0.1, -0.05) is 13.8 Å². The van der Waals surface area contributed by atoms with Crippen LogP contribution in [0.2, 0.25) is 0 Å². The van der Waals surface area contributed by atoms with Crippen LogP contribution in [0.1, 0.15) is 33.6 Å². The van der Waals surface area contributed by atoms with Crippen LogP contribution >= 0.6 is 0 Å². The Kier molecular flexibility index (Phi) is 11.9. The minimum atomic E-state index is 0.746. The summed E-state index contributed by atoms with van der Waals surface area (Å²) in [5, 5.41) is 6.83. The second kappa shape index (κ2) is 12.0. The molecule has 0 radical (unpaired) electrons. The highest BCUT2D eigenvalue weighted by atomic mass is 16.5. The number of ether oxygens (including phenoxy) is 1. The van der Waals surface area contributed by atoms with Crippen LogP contribution in [-0.2, 0) is 4.74 Å². The summed E-state index contributed by atoms with van der Waals surface area (Å²) >= 11 is 0. The van der Waals surface area contributed by atoms with Gasteiger partial charge in [0, 0.05) is 26.3 Å². The van der Waals surface area contributed by atoms with Gasteiger partial charge in [-0.05, 0) is 38.8 Å². The van der Waals surface area contributed by atoms with Crippen LogP contribution in [0.15, 0.2) is 0 Å². The Bertz CT molecular complexity index is 118. The van der Waals surface area contributed by atoms with E-state index < -0.39 is 0 Å². The molecule has 0 aromatic heterocycles. The lowest BCUT2D eigenvalue weighted by Gasteiger charge is -2.08. The highest BCUT2D eigenvalue weighted by Gasteiger charge is 1.92. The first-order chi connectivity index (χ1) is 7.27. The highest BCUT2D eigenvalue weighted by Crippen LogP contribution is 1.88. The molecule has 92 valence electrons. The Morgan fingerprint density at radius 2 is 1.73 bits per heavy atom. The van der Waals surface area contributed by atoms with Crippen molar-refractivity contribution in [1.82, 2.24) is 10.6 Å². The van der Waals surface area contributed by atoms with Crippen molar-refractivity contribution in [2.75, 3.05) is 39.4 Å². The third-order valence-electron chi connectivity index (χ3n) is 2.13. The maximum Gasteiger partial charge on any atom is 0.0466 e. The van der Waals surface area contributed by atoms with E-state index >= 15 is 0 Å². The smallest absolute Gasteiger partial charge is 0.0466 e. The molecule has 15 heavy (non-hydrogen) atoms. The highest BCUT2D eigenvalue weighted by molar-refractivity contribution is 4.54. The summed E-state index contributed by atoms with van der Waals surface area (Å²) in [4.78, 5) is 0. The molecular formula is C12H28N2O. The lowest BCUT2D eigenvalue weighted by molar-refractivity contribution is 0.143. The number of hydrogen-bond acceptors (Lipinski definition) is 3. The lowest BCUT2D eigenvalue weighted by Crippen LogP contribution is -2.30. The Morgan fingerprint density at radius 1 is 1.00 bits per heavy atom. The van der Waals surface area contributed by atoms with E-state index in [1.807, 2.05) is 6.92 Å². The van der Waals surface area contributed by atoms with Gasteiger partial charge in [-0.15, -0.1) is 0 Å². The average Bonchev–Trinajstić information content (AvgIpc) is 2.20. The van der Waals surface area contributed by atoms with Crippen molar-refractivity contribution in [1.29, 1.82) is 0 Å². The molecule has 0 amide bonds. The van der Waals surface area contributed by atoms with Crippen molar-refractivity contribution < 1.29 is 4.74 Å². The molecule has 0 aliphatic carbocycles. The lowest BCUT2D eigenvalue weighted by atomic mass is 10.2. The molecule has 0 aromatic carbocycles. The van der Waals surface area contributed by atoms with Crippen molar-refractivity contribution in [3.05, 3.63) is 0 Å². The van der Waals surface area contributed by atoms with Crippen LogP contribution in [0.5, 0.6) is 0 Å². The molecule has 0 bridgehead atoms. The molecule has 0 unspecified atom stereocenters. The number of nitrogens with one attached hydrogen (secondary N) is 2. The fourth-order valence-electron chi connectivity index (χ4n) is 1.29. The van der Waals surface area contributed by atoms with E-state index in [9.17, 15) is 0 Å². The third kappa shape index (κ3) is 13.9. The molecule has 0 heterocycles. The van der Waals surface area contributed by atoms with Crippen LogP contribution in [0.3, 0.4) is 0 Å². The van der Waals surface area contributed by atoms with Gasteiger partial charge < -0.3 is 15.4 Å². The monoisotopic (exact) mass is 216 g/mol. The summed E-state index contributed by atoms with van der Waals surface area (Å²) in [6.45, 7) is 12.6. The Labute approximate surface area is 95.0 Å². The standard InChI is InChI=1S/C12H28N2O/c1-4-15-10-6-5-7-13-8-9-14-11-12(2)3/h12-14H,4-11H2,1-3H3. The molecule has 0 saturated heterocycles. The largest absolute Gasteiger partial charge is 0.382 e. The van der Waals surface area contributed by atoms with E-state index in [1.54, 1.807) is 0 Å². The predicted molar refractivity (Wildman–Crippen MR) is 66.3 cm³/mol. The zero-order valence-corrected chi connectivity index (χ0v) is 10.6. The van der Waals surface area contributed by atoms with Crippen molar-refractivity contribution in [3.63, 3.8) is 0 Å². The molecule has 3 nitrogen and oxygen atoms in total. The fourth-order valence-corrected chi connectivity index (χ4v) is 1.29. The zero-order valence-electron chi connectivity index (χ0n) is 10.6. The number of rotatable bonds is 11. The second-order valence-corrected chi connectivity index (χ2v) is 4.25. The van der Waals surface area contributed by atoms with Gasteiger partial charge in [0.1, 0.15) is 0 Å². The van der Waals surface area contributed by atoms with Gasteiger partial charge in [-0.3, -0.25) is 0 Å². The van der Waals surface area contributed by atoms with Crippen LogP contribution in [0.4, 0.5) is 0 Å². The maximum absolute atomic E-state index is 5.26. The van der Waals surface area contributed by atoms with Crippen molar-refractivity contribution in [2.45, 2.75) is 33.6 Å². The van der Waals surface area contributed by atoms with Gasteiger partial charge in [0.2, 0.25) is 0 Å². The topological polar surface area (TPSA) is 33.3 Å². The summed E-state index contributed by atoms with van der Waals surface area (Å²) in [5.74, 6) is 0.746. The number of unbranched alkanes of at least 4 members (excludes halogenated alkanes) is 1. The summed E-state index contributed by atoms with van der Waals surface area (Å²) in [5.41, 5.74) is 0. The van der Waals surface area contributed by atoms with E-state index in [0.717, 1.165) is 45.3 Å². The molecule has 0 aliphatic rings. The molecule has 0 fully saturated rings. The van der Waals surface area contributed by atoms with Gasteiger partial charge in [0.15, 0.2) is 0 Å². The molecule has 0 saturated carbocycles. The molecule has 0 rings (SSSR count). The minimum Gasteiger partial charge on any atom is -0.382 e. The minimum absolute atomic E-state index is 0.746. The van der Waals surface area contributed by atoms with Crippen LogP contribution in [0, 0.1) is 5.92 Å². The first kappa shape index (κ1) is 14.9. The normalized spacial score (nSPS) is 11.2. The average molecular weight is 216 g/mol. The third-order valence-corrected chi connectivity index (χ3v) is 2.13. The van der Waals surface area contributed by atoms with Crippen molar-refractivity contribution in [2.24, 2.45) is 5.92 Å². The summed E-state index contributed by atoms with van der Waals surface area (Å²) in [6.07, 6.45) is 2.38. The molecule has 0 spiro atoms. The molecular weight excluding hydrogens is 188 g/mol. The molecule has 2 N–H and O–H groups in total. The fraction of sp³-hybridized carbons (Fsp3) is 1.00. The van der Waals surface area contributed by atoms with Gasteiger partial charge in [0.25, 0.3) is 0 Å². The van der Waals surface area contributed by atoms with E-state index in [1.165, 1.54) is 12.8 Å². The van der Waals surface area contributed by atoms with Crippen LogP contribution in [0.25, 0.3) is 0 Å². The summed E-state index contributed by atoms with van der Waals surface area (Å²) in [7, 11) is 0. The van der Waals surface area contributed by atoms with Gasteiger partial charge in [-0.2, -0.15) is 0 Å². The Hall–Kier alpha value is -0.120. The van der Waals surface area contributed by atoms with E-state index in [2.05, 4.69) is 24.5 Å². The van der Waals surface area contributed by atoms with Crippen molar-refractivity contribution >= 4 is 0 Å². The van der Waals surface area contributed by atoms with Gasteiger partial charge in [-0.25, -0.2) is 0 Å². The first-order valence-corrected chi connectivity index (χ1v) is 6.26. The van der Waals surface area contributed by atoms with Crippen molar-refractivity contribution in [3.8, 4) is 0 Å². The van der Waals surface area contributed by atoms with Gasteiger partial charge >= 0.3 is 0 Å². The number of hydrogen-bond donors (Lipinski definition) is 2. The Balaban J connectivity index is 2.87. The summed E-state index contributed by atoms with van der Waals surface area (Å²) < 4.78 is 5.26. The SMILES string of the molecule is CCOCCCCNCCNCC(C)C. The van der Waals surface area contributed by atoms with E-state index in [0.29, 0.717) is 0 Å². The molecule has 0 atom stereocenters. The first-order valence-electron chi connectivity index (χ1n) is 6.26. The maximum atomic E-state index is 5.26. The second-order valence-electron chi connectivity index (χ2n) is 4.25. The zero-order chi connectivity index (χ0) is 11.4. The molecule has 0 aliphatic heterocycles. The Morgan fingerprint density at radius 3 is 2.40 bits per heavy atom. The quantitative estimate of drug-likeness (QED) is 0.515. The molecule has 0 aromatic rings. The summed E-state index contributed by atoms with van der Waals surface area (Å²) in [6, 6.07) is 0.